The van der Waals surface area contributed by atoms with Gasteiger partial charge in [-0.15, -0.1) is 0 Å². The summed E-state index contributed by atoms with van der Waals surface area (Å²) in [4.78, 5) is 46.2. The number of nitrogens with zero attached hydrogens (tertiary/aromatic N) is 3. The molecule has 30 heavy (non-hydrogen) atoms. The fraction of sp³-hybridized carbons (Fsp3) is 0.267. The number of sulfonamides is 1. The summed E-state index contributed by atoms with van der Waals surface area (Å²) in [5.74, 6) is 0. The number of aliphatic hydroxyl groups is 1. The quantitative estimate of drug-likeness (QED) is 0.212. The van der Waals surface area contributed by atoms with Gasteiger partial charge in [-0.3, -0.25) is 14.9 Å². The fourth-order valence-corrected chi connectivity index (χ4v) is 3.30. The second kappa shape index (κ2) is 7.96. The second-order valence-corrected chi connectivity index (χ2v) is 8.12. The molecule has 0 saturated carbocycles. The normalized spacial score (nSPS) is 12.6. The van der Waals surface area contributed by atoms with Gasteiger partial charge in [-0.1, -0.05) is 0 Å². The lowest BCUT2D eigenvalue weighted by molar-refractivity contribution is -0.383. The number of anilines is 1. The molecule has 0 saturated heterocycles. The van der Waals surface area contributed by atoms with Crippen LogP contribution in [0.25, 0.3) is 10.9 Å². The summed E-state index contributed by atoms with van der Waals surface area (Å²) < 4.78 is 23.1. The van der Waals surface area contributed by atoms with Crippen LogP contribution in [0.5, 0.6) is 0 Å². The summed E-state index contributed by atoms with van der Waals surface area (Å²) >= 11 is 0. The molecule has 0 aliphatic heterocycles. The van der Waals surface area contributed by atoms with Gasteiger partial charge in [0, 0.05) is 18.7 Å². The third kappa shape index (κ3) is 4.47. The Labute approximate surface area is 167 Å². The van der Waals surface area contributed by atoms with Crippen LogP contribution in [-0.4, -0.2) is 57.0 Å². The van der Waals surface area contributed by atoms with Gasteiger partial charge in [0.15, 0.2) is 0 Å². The molecule has 2 aromatic heterocycles. The first-order valence-electron chi connectivity index (χ1n) is 8.39. The molecule has 0 aliphatic rings. The van der Waals surface area contributed by atoms with E-state index in [1.54, 1.807) is 11.0 Å². The maximum Gasteiger partial charge on any atom is 0.348 e. The van der Waals surface area contributed by atoms with E-state index in [1.165, 1.54) is 6.33 Å². The van der Waals surface area contributed by atoms with Crippen molar-refractivity contribution < 1.29 is 18.4 Å². The fourth-order valence-electron chi connectivity index (χ4n) is 2.80. The number of imidazole rings is 1. The van der Waals surface area contributed by atoms with Crippen molar-refractivity contribution in [1.82, 2.24) is 19.6 Å². The first-order valence-corrected chi connectivity index (χ1v) is 10.3. The van der Waals surface area contributed by atoms with Gasteiger partial charge >= 0.3 is 5.69 Å². The van der Waals surface area contributed by atoms with Gasteiger partial charge in [-0.25, -0.2) is 23.0 Å². The van der Waals surface area contributed by atoms with Crippen LogP contribution >= 0.6 is 0 Å². The van der Waals surface area contributed by atoms with E-state index in [1.807, 2.05) is 0 Å². The smallest absolute Gasteiger partial charge is 0.348 e. The molecule has 3 rings (SSSR count). The lowest BCUT2D eigenvalue weighted by Crippen LogP contribution is -2.43. The lowest BCUT2D eigenvalue weighted by atomic mass is 10.1. The molecule has 0 bridgehead atoms. The number of nitro benzene ring substituents is 1. The van der Waals surface area contributed by atoms with Gasteiger partial charge in [0.05, 0.1) is 46.8 Å². The van der Waals surface area contributed by atoms with Crippen LogP contribution < -0.4 is 21.4 Å². The summed E-state index contributed by atoms with van der Waals surface area (Å²) in [5, 5.41) is 23.7. The summed E-state index contributed by atoms with van der Waals surface area (Å²) in [6.07, 6.45) is 4.02. The molecule has 0 radical (unpaired) electrons. The predicted octanol–water partition coefficient (Wildman–Crippen LogP) is -1.16. The number of aromatic amines is 2. The standard InChI is InChI=1S/C15H17N7O7S/c1-30(28,29)20-21-14(24)10-3-12(13(22(26)27)4-11(10)19-15(21)25)18-9(6-23)2-8-5-16-7-17-8/h3-5,7,9,18,20,23H,2,6H2,1H3,(H,16,17)(H,19,25)/t9-/m0/s1. The van der Waals surface area contributed by atoms with Crippen molar-refractivity contribution in [2.45, 2.75) is 12.5 Å². The van der Waals surface area contributed by atoms with Crippen molar-refractivity contribution in [3.63, 3.8) is 0 Å². The highest BCUT2D eigenvalue weighted by atomic mass is 32.2. The van der Waals surface area contributed by atoms with Gasteiger partial charge < -0.3 is 20.4 Å². The monoisotopic (exact) mass is 439 g/mol. The second-order valence-electron chi connectivity index (χ2n) is 6.39. The number of nitrogens with one attached hydrogen (secondary N) is 4. The zero-order valence-corrected chi connectivity index (χ0v) is 16.3. The number of nitro groups is 1. The number of fused-ring (bicyclic) bond motifs is 1. The van der Waals surface area contributed by atoms with Crippen LogP contribution in [0.1, 0.15) is 5.69 Å². The van der Waals surface area contributed by atoms with Crippen LogP contribution in [0.3, 0.4) is 0 Å². The van der Waals surface area contributed by atoms with Crippen LogP contribution in [0.4, 0.5) is 11.4 Å². The molecule has 1 aromatic carbocycles. The first-order chi connectivity index (χ1) is 14.1. The molecule has 5 N–H and O–H groups in total. The molecule has 0 amide bonds. The Hall–Kier alpha value is -3.72. The first kappa shape index (κ1) is 21.0. The van der Waals surface area contributed by atoms with E-state index < -0.39 is 44.5 Å². The molecule has 1 atom stereocenters. The van der Waals surface area contributed by atoms with Gasteiger partial charge in [-0.2, -0.15) is 4.68 Å². The lowest BCUT2D eigenvalue weighted by Gasteiger charge is -2.17. The van der Waals surface area contributed by atoms with Gasteiger partial charge in [-0.05, 0) is 6.07 Å². The molecule has 0 aliphatic carbocycles. The van der Waals surface area contributed by atoms with Crippen LogP contribution in [0.2, 0.25) is 0 Å². The van der Waals surface area contributed by atoms with Crippen molar-refractivity contribution in [2.24, 2.45) is 0 Å². The molecular formula is C15H17N7O7S. The average molecular weight is 439 g/mol. The van der Waals surface area contributed by atoms with E-state index in [0.29, 0.717) is 5.69 Å². The Bertz CT molecular complexity index is 1310. The average Bonchev–Trinajstić information content (AvgIpc) is 3.16. The van der Waals surface area contributed by atoms with Crippen molar-refractivity contribution >= 4 is 32.3 Å². The third-order valence-electron chi connectivity index (χ3n) is 4.06. The topological polar surface area (TPSA) is 205 Å². The van der Waals surface area contributed by atoms with E-state index in [-0.39, 0.29) is 27.7 Å². The molecule has 0 spiro atoms. The molecule has 15 heteroatoms. The predicted molar refractivity (Wildman–Crippen MR) is 106 cm³/mol. The number of rotatable bonds is 8. The molecule has 3 aromatic rings. The molecular weight excluding hydrogens is 422 g/mol. The van der Waals surface area contributed by atoms with E-state index in [0.717, 1.165) is 18.4 Å². The molecule has 0 unspecified atom stereocenters. The Morgan fingerprint density at radius 2 is 2.10 bits per heavy atom. The zero-order valence-electron chi connectivity index (χ0n) is 15.4. The van der Waals surface area contributed by atoms with Crippen molar-refractivity contribution in [3.05, 3.63) is 61.3 Å². The molecule has 160 valence electrons. The highest BCUT2D eigenvalue weighted by molar-refractivity contribution is 7.91. The van der Waals surface area contributed by atoms with Crippen molar-refractivity contribution in [2.75, 3.05) is 23.0 Å². The number of hydrogen-bond donors (Lipinski definition) is 5. The summed E-state index contributed by atoms with van der Waals surface area (Å²) in [6, 6.07) is 1.41. The minimum absolute atomic E-state index is 0.0999. The van der Waals surface area contributed by atoms with Crippen LogP contribution in [0.15, 0.2) is 34.2 Å². The summed E-state index contributed by atoms with van der Waals surface area (Å²) in [6.45, 7) is -0.395. The number of hydrogen-bond acceptors (Lipinski definition) is 9. The summed E-state index contributed by atoms with van der Waals surface area (Å²) in [5.41, 5.74) is -2.25. The van der Waals surface area contributed by atoms with Crippen LogP contribution in [0, 0.1) is 10.1 Å². The van der Waals surface area contributed by atoms with Crippen molar-refractivity contribution in [3.8, 4) is 0 Å². The Balaban J connectivity index is 2.12. The minimum Gasteiger partial charge on any atom is -0.394 e. The summed E-state index contributed by atoms with van der Waals surface area (Å²) in [7, 11) is -3.95. The Morgan fingerprint density at radius 3 is 2.67 bits per heavy atom. The largest absolute Gasteiger partial charge is 0.394 e. The van der Waals surface area contributed by atoms with E-state index in [2.05, 4.69) is 20.3 Å². The molecule has 2 heterocycles. The number of H-pyrrole nitrogens is 2. The van der Waals surface area contributed by atoms with Crippen LogP contribution in [-0.2, 0) is 16.4 Å². The Kier molecular flexibility index (Phi) is 5.57. The molecule has 0 fully saturated rings. The number of aliphatic hydroxyl groups excluding tert-OH is 1. The zero-order chi connectivity index (χ0) is 22.1. The highest BCUT2D eigenvalue weighted by Gasteiger charge is 2.22. The Morgan fingerprint density at radius 1 is 1.37 bits per heavy atom. The van der Waals surface area contributed by atoms with E-state index in [9.17, 15) is 33.2 Å². The van der Waals surface area contributed by atoms with Gasteiger partial charge in [0.2, 0.25) is 10.0 Å². The number of benzene rings is 1. The highest BCUT2D eigenvalue weighted by Crippen LogP contribution is 2.28. The van der Waals surface area contributed by atoms with Crippen molar-refractivity contribution in [1.29, 1.82) is 0 Å². The van der Waals surface area contributed by atoms with E-state index >= 15 is 0 Å². The maximum atomic E-state index is 12.6. The number of aromatic nitrogens is 4. The molecule has 14 nitrogen and oxygen atoms in total. The third-order valence-corrected chi connectivity index (χ3v) is 4.57. The van der Waals surface area contributed by atoms with Gasteiger partial charge in [0.25, 0.3) is 11.2 Å². The van der Waals surface area contributed by atoms with Gasteiger partial charge in [0.1, 0.15) is 5.69 Å². The minimum atomic E-state index is -3.95. The SMILES string of the molecule is CS(=O)(=O)Nn1c(=O)[nH]c2cc([N+](=O)[O-])c(N[C@H](CO)Cc3c[nH]cn3)cc2c1=O. The van der Waals surface area contributed by atoms with E-state index in [4.69, 9.17) is 0 Å². The maximum absolute atomic E-state index is 12.6.